The minimum Gasteiger partial charge on any atom is -0.351 e. The second kappa shape index (κ2) is 9.95. The summed E-state index contributed by atoms with van der Waals surface area (Å²) in [5.74, 6) is -0.466. The van der Waals surface area contributed by atoms with E-state index in [0.717, 1.165) is 10.9 Å². The summed E-state index contributed by atoms with van der Waals surface area (Å²) in [6.45, 7) is 5.12. The molecule has 0 bridgehead atoms. The Kier molecular flexibility index (Phi) is 7.10. The normalized spacial score (nSPS) is 11.1. The van der Waals surface area contributed by atoms with Crippen LogP contribution in [0.3, 0.4) is 0 Å². The average Bonchev–Trinajstić information content (AvgIpc) is 2.74. The molecule has 0 aliphatic heterocycles. The van der Waals surface area contributed by atoms with Crippen LogP contribution >= 0.6 is 0 Å². The summed E-state index contributed by atoms with van der Waals surface area (Å²) in [6, 6.07) is 14.8. The van der Waals surface area contributed by atoms with Crippen LogP contribution in [0, 0.1) is 0 Å². The van der Waals surface area contributed by atoms with Crippen molar-refractivity contribution in [2.45, 2.75) is 26.7 Å². The Morgan fingerprint density at radius 2 is 1.83 bits per heavy atom. The van der Waals surface area contributed by atoms with Gasteiger partial charge in [0, 0.05) is 24.8 Å². The van der Waals surface area contributed by atoms with E-state index in [0.29, 0.717) is 25.4 Å². The summed E-state index contributed by atoms with van der Waals surface area (Å²) in [5.41, 5.74) is 1.17. The third-order valence-corrected chi connectivity index (χ3v) is 4.41. The maximum absolute atomic E-state index is 13.1. The fourth-order valence-electron chi connectivity index (χ4n) is 3.09. The highest BCUT2D eigenvalue weighted by Crippen LogP contribution is 2.13. The number of hydrogen-bond acceptors (Lipinski definition) is 5. The Labute approximate surface area is 169 Å². The lowest BCUT2D eigenvalue weighted by molar-refractivity contribution is -0.131. The highest BCUT2D eigenvalue weighted by atomic mass is 16.7. The third-order valence-electron chi connectivity index (χ3n) is 4.41. The van der Waals surface area contributed by atoms with Crippen molar-refractivity contribution in [2.24, 2.45) is 0 Å². The number of carbonyl (C=O) groups excluding carboxylic acids is 1. The first kappa shape index (κ1) is 20.7. The lowest BCUT2D eigenvalue weighted by atomic mass is 10.1. The van der Waals surface area contributed by atoms with E-state index in [2.05, 4.69) is 10.3 Å². The maximum atomic E-state index is 13.1. The van der Waals surface area contributed by atoms with Crippen LogP contribution < -0.4 is 10.9 Å². The Balaban J connectivity index is 1.93. The van der Waals surface area contributed by atoms with E-state index >= 15 is 0 Å². The molecule has 1 amide bonds. The van der Waals surface area contributed by atoms with Crippen LogP contribution in [0.2, 0.25) is 0 Å². The topological polar surface area (TPSA) is 82.5 Å². The lowest BCUT2D eigenvalue weighted by Crippen LogP contribution is -2.39. The Hall–Kier alpha value is -3.03. The highest BCUT2D eigenvalue weighted by molar-refractivity contribution is 5.96. The number of benzene rings is 1. The average molecular weight is 395 g/mol. The first-order valence-corrected chi connectivity index (χ1v) is 9.68. The zero-order valence-corrected chi connectivity index (χ0v) is 16.6. The second-order valence-electron chi connectivity index (χ2n) is 6.40. The van der Waals surface area contributed by atoms with Crippen molar-refractivity contribution in [2.75, 3.05) is 19.8 Å². The molecule has 1 N–H and O–H groups in total. The quantitative estimate of drug-likeness (QED) is 0.563. The number of rotatable bonds is 9. The van der Waals surface area contributed by atoms with Gasteiger partial charge in [-0.2, -0.15) is 0 Å². The van der Waals surface area contributed by atoms with Crippen LogP contribution in [0.4, 0.5) is 0 Å². The smallest absolute Gasteiger partial charge is 0.265 e. The molecule has 2 aromatic heterocycles. The number of carbonyl (C=O) groups is 1. The molecule has 3 aromatic rings. The molecular weight excluding hydrogens is 370 g/mol. The van der Waals surface area contributed by atoms with Gasteiger partial charge in [-0.15, -0.1) is 0 Å². The minimum atomic E-state index is -0.553. The number of nitrogens with one attached hydrogen (secondary N) is 1. The monoisotopic (exact) mass is 395 g/mol. The zero-order valence-electron chi connectivity index (χ0n) is 16.6. The van der Waals surface area contributed by atoms with Gasteiger partial charge in [-0.25, -0.2) is 4.98 Å². The van der Waals surface area contributed by atoms with E-state index in [1.54, 1.807) is 18.3 Å². The first-order chi connectivity index (χ1) is 14.1. The molecule has 0 saturated carbocycles. The zero-order chi connectivity index (χ0) is 20.6. The standard InChI is InChI=1S/C22H25N3O4/c1-3-28-19(29-4-2)14-24-21(26)18-13-17-11-8-12-23-20(17)25(22(18)27)15-16-9-6-5-7-10-16/h5-13,19H,3-4,14-15H2,1-2H3,(H,24,26). The van der Waals surface area contributed by atoms with E-state index in [-0.39, 0.29) is 17.7 Å². The van der Waals surface area contributed by atoms with Gasteiger partial charge in [-0.3, -0.25) is 14.2 Å². The molecule has 2 heterocycles. The van der Waals surface area contributed by atoms with Crippen molar-refractivity contribution in [1.29, 1.82) is 0 Å². The lowest BCUT2D eigenvalue weighted by Gasteiger charge is -2.17. The van der Waals surface area contributed by atoms with Gasteiger partial charge < -0.3 is 14.8 Å². The SMILES string of the molecule is CCOC(CNC(=O)c1cc2cccnc2n(Cc2ccccc2)c1=O)OCC. The van der Waals surface area contributed by atoms with E-state index < -0.39 is 12.2 Å². The molecule has 1 aromatic carbocycles. The number of fused-ring (bicyclic) bond motifs is 1. The molecule has 7 nitrogen and oxygen atoms in total. The van der Waals surface area contributed by atoms with Crippen molar-refractivity contribution in [3.8, 4) is 0 Å². The van der Waals surface area contributed by atoms with E-state index in [1.807, 2.05) is 50.2 Å². The summed E-state index contributed by atoms with van der Waals surface area (Å²) in [5, 5.41) is 3.46. The van der Waals surface area contributed by atoms with Gasteiger partial charge in [0.15, 0.2) is 6.29 Å². The number of aromatic nitrogens is 2. The molecule has 0 unspecified atom stereocenters. The predicted octanol–water partition coefficient (Wildman–Crippen LogP) is 2.57. The molecule has 29 heavy (non-hydrogen) atoms. The molecule has 0 aliphatic carbocycles. The summed E-state index contributed by atoms with van der Waals surface area (Å²) in [6.07, 6.45) is 1.08. The molecule has 3 rings (SSSR count). The van der Waals surface area contributed by atoms with Crippen molar-refractivity contribution >= 4 is 16.9 Å². The fourth-order valence-corrected chi connectivity index (χ4v) is 3.09. The van der Waals surface area contributed by atoms with Crippen LogP contribution in [0.1, 0.15) is 29.8 Å². The van der Waals surface area contributed by atoms with Crippen LogP contribution in [-0.2, 0) is 16.0 Å². The molecule has 0 aliphatic rings. The molecule has 0 saturated heterocycles. The van der Waals surface area contributed by atoms with E-state index in [9.17, 15) is 9.59 Å². The Bertz CT molecular complexity index is 1010. The molecule has 0 radical (unpaired) electrons. The Morgan fingerprint density at radius 3 is 2.52 bits per heavy atom. The largest absolute Gasteiger partial charge is 0.351 e. The molecular formula is C22H25N3O4. The van der Waals surface area contributed by atoms with E-state index in [4.69, 9.17) is 9.47 Å². The van der Waals surface area contributed by atoms with Crippen molar-refractivity contribution in [1.82, 2.24) is 14.9 Å². The van der Waals surface area contributed by atoms with Gasteiger partial charge in [0.2, 0.25) is 0 Å². The molecule has 152 valence electrons. The van der Waals surface area contributed by atoms with Gasteiger partial charge in [-0.1, -0.05) is 30.3 Å². The molecule has 0 atom stereocenters. The highest BCUT2D eigenvalue weighted by Gasteiger charge is 2.18. The third kappa shape index (κ3) is 5.07. The summed E-state index contributed by atoms with van der Waals surface area (Å²) in [4.78, 5) is 30.2. The molecule has 0 fully saturated rings. The van der Waals surface area contributed by atoms with Gasteiger partial charge in [0.05, 0.1) is 13.1 Å². The van der Waals surface area contributed by atoms with Crippen LogP contribution in [-0.4, -0.2) is 41.5 Å². The van der Waals surface area contributed by atoms with Crippen molar-refractivity contribution < 1.29 is 14.3 Å². The van der Waals surface area contributed by atoms with Crippen LogP contribution in [0.5, 0.6) is 0 Å². The summed E-state index contributed by atoms with van der Waals surface area (Å²) < 4.78 is 12.4. The van der Waals surface area contributed by atoms with Gasteiger partial charge in [0.1, 0.15) is 11.2 Å². The maximum Gasteiger partial charge on any atom is 0.265 e. The predicted molar refractivity (Wildman–Crippen MR) is 111 cm³/mol. The van der Waals surface area contributed by atoms with Crippen molar-refractivity contribution in [3.63, 3.8) is 0 Å². The molecule has 0 spiro atoms. The molecule has 7 heteroatoms. The van der Waals surface area contributed by atoms with Crippen molar-refractivity contribution in [3.05, 3.63) is 76.2 Å². The summed E-state index contributed by atoms with van der Waals surface area (Å²) in [7, 11) is 0. The number of nitrogens with zero attached hydrogens (tertiary/aromatic N) is 2. The van der Waals surface area contributed by atoms with Gasteiger partial charge in [-0.05, 0) is 37.6 Å². The van der Waals surface area contributed by atoms with E-state index in [1.165, 1.54) is 4.57 Å². The number of amides is 1. The minimum absolute atomic E-state index is 0.0631. The van der Waals surface area contributed by atoms with Gasteiger partial charge >= 0.3 is 0 Å². The summed E-state index contributed by atoms with van der Waals surface area (Å²) >= 11 is 0. The van der Waals surface area contributed by atoms with Gasteiger partial charge in [0.25, 0.3) is 11.5 Å². The fraction of sp³-hybridized carbons (Fsp3) is 0.318. The number of hydrogen-bond donors (Lipinski definition) is 1. The first-order valence-electron chi connectivity index (χ1n) is 9.68. The number of ether oxygens (including phenoxy) is 2. The second-order valence-corrected chi connectivity index (χ2v) is 6.40. The Morgan fingerprint density at radius 1 is 1.10 bits per heavy atom. The number of pyridine rings is 2. The van der Waals surface area contributed by atoms with Crippen LogP contribution in [0.15, 0.2) is 59.5 Å². The van der Waals surface area contributed by atoms with Crippen LogP contribution in [0.25, 0.3) is 11.0 Å².